The van der Waals surface area contributed by atoms with Crippen LogP contribution >= 0.6 is 0 Å². The minimum atomic E-state index is -3.38. The second-order valence-electron chi connectivity index (χ2n) is 6.66. The van der Waals surface area contributed by atoms with Crippen molar-refractivity contribution in [1.29, 1.82) is 5.26 Å². The predicted octanol–water partition coefficient (Wildman–Crippen LogP) is 2.87. The molecule has 1 aliphatic heterocycles. The van der Waals surface area contributed by atoms with Gasteiger partial charge < -0.3 is 5.32 Å². The molecule has 0 radical (unpaired) electrons. The number of nitriles is 1. The molecule has 2 aromatic carbocycles. The lowest BCUT2D eigenvalue weighted by Gasteiger charge is -2.32. The number of nitro groups is 1. The zero-order valence-corrected chi connectivity index (χ0v) is 15.9. The van der Waals surface area contributed by atoms with Gasteiger partial charge in [0.1, 0.15) is 6.07 Å². The normalized spacial score (nSPS) is 15.7. The van der Waals surface area contributed by atoms with Crippen molar-refractivity contribution in [1.82, 2.24) is 4.31 Å². The molecular weight excluding hydrogens is 380 g/mol. The lowest BCUT2D eigenvalue weighted by molar-refractivity contribution is -0.384. The Balaban J connectivity index is 1.61. The van der Waals surface area contributed by atoms with Gasteiger partial charge in [0.15, 0.2) is 0 Å². The Morgan fingerprint density at radius 2 is 1.86 bits per heavy atom. The first-order valence-electron chi connectivity index (χ1n) is 8.86. The van der Waals surface area contributed by atoms with E-state index in [0.29, 0.717) is 31.6 Å². The molecule has 0 unspecified atom stereocenters. The van der Waals surface area contributed by atoms with E-state index in [-0.39, 0.29) is 23.0 Å². The largest absolute Gasteiger partial charge is 0.381 e. The average Bonchev–Trinajstić information content (AvgIpc) is 2.69. The summed E-state index contributed by atoms with van der Waals surface area (Å²) in [7, 11) is -3.38. The highest BCUT2D eigenvalue weighted by atomic mass is 32.2. The summed E-state index contributed by atoms with van der Waals surface area (Å²) in [6.07, 6.45) is 1.19. The van der Waals surface area contributed by atoms with Crippen LogP contribution in [0.25, 0.3) is 0 Å². The summed E-state index contributed by atoms with van der Waals surface area (Å²) < 4.78 is 26.7. The molecule has 1 aliphatic rings. The minimum Gasteiger partial charge on any atom is -0.381 e. The molecule has 1 saturated heterocycles. The highest BCUT2D eigenvalue weighted by Crippen LogP contribution is 2.25. The first kappa shape index (κ1) is 19.8. The highest BCUT2D eigenvalue weighted by Gasteiger charge is 2.28. The average molecular weight is 400 g/mol. The Morgan fingerprint density at radius 1 is 1.18 bits per heavy atom. The topological polar surface area (TPSA) is 116 Å². The fourth-order valence-electron chi connectivity index (χ4n) is 3.24. The van der Waals surface area contributed by atoms with Crippen molar-refractivity contribution in [2.75, 3.05) is 18.4 Å². The zero-order chi connectivity index (χ0) is 20.1. The van der Waals surface area contributed by atoms with E-state index in [1.165, 1.54) is 22.5 Å². The molecule has 0 aromatic heterocycles. The van der Waals surface area contributed by atoms with Gasteiger partial charge in [0.05, 0.1) is 21.9 Å². The Hall–Kier alpha value is -2.96. The third kappa shape index (κ3) is 4.65. The van der Waals surface area contributed by atoms with Crippen LogP contribution in [0.1, 0.15) is 24.0 Å². The van der Waals surface area contributed by atoms with Crippen molar-refractivity contribution in [3.63, 3.8) is 0 Å². The number of anilines is 1. The van der Waals surface area contributed by atoms with E-state index < -0.39 is 14.9 Å². The third-order valence-electron chi connectivity index (χ3n) is 4.73. The fourth-order valence-corrected chi connectivity index (χ4v) is 4.80. The van der Waals surface area contributed by atoms with Crippen LogP contribution in [0.15, 0.2) is 48.5 Å². The smallest absolute Gasteiger partial charge is 0.270 e. The molecule has 9 heteroatoms. The van der Waals surface area contributed by atoms with Gasteiger partial charge >= 0.3 is 0 Å². The standard InChI is InChI=1S/C19H20N4O4S/c20-13-16-12-18(23(24)25)6-7-19(16)21-17-8-10-22(11-9-17)28(26,27)14-15-4-2-1-3-5-15/h1-7,12,17,21H,8-11,14H2. The van der Waals surface area contributed by atoms with Crippen molar-refractivity contribution < 1.29 is 13.3 Å². The number of benzene rings is 2. The maximum absolute atomic E-state index is 12.6. The number of nitro benzene ring substituents is 1. The van der Waals surface area contributed by atoms with E-state index in [1.807, 2.05) is 24.3 Å². The monoisotopic (exact) mass is 400 g/mol. The molecule has 2 aromatic rings. The van der Waals surface area contributed by atoms with Gasteiger partial charge in [0.2, 0.25) is 10.0 Å². The van der Waals surface area contributed by atoms with Crippen LogP contribution in [0.5, 0.6) is 0 Å². The lowest BCUT2D eigenvalue weighted by Crippen LogP contribution is -2.42. The van der Waals surface area contributed by atoms with Crippen molar-refractivity contribution in [2.24, 2.45) is 0 Å². The maximum Gasteiger partial charge on any atom is 0.270 e. The molecule has 1 heterocycles. The number of rotatable bonds is 6. The van der Waals surface area contributed by atoms with E-state index in [1.54, 1.807) is 12.1 Å². The second-order valence-corrected chi connectivity index (χ2v) is 8.63. The third-order valence-corrected chi connectivity index (χ3v) is 6.58. The summed E-state index contributed by atoms with van der Waals surface area (Å²) in [4.78, 5) is 10.3. The van der Waals surface area contributed by atoms with Gasteiger partial charge in [-0.15, -0.1) is 0 Å². The Morgan fingerprint density at radius 3 is 2.46 bits per heavy atom. The quantitative estimate of drug-likeness (QED) is 0.589. The number of non-ortho nitro benzene ring substituents is 1. The van der Waals surface area contributed by atoms with Crippen molar-refractivity contribution in [3.05, 3.63) is 69.8 Å². The molecule has 0 atom stereocenters. The van der Waals surface area contributed by atoms with Crippen molar-refractivity contribution in [2.45, 2.75) is 24.6 Å². The van der Waals surface area contributed by atoms with Gasteiger partial charge in [-0.25, -0.2) is 12.7 Å². The fraction of sp³-hybridized carbons (Fsp3) is 0.316. The highest BCUT2D eigenvalue weighted by molar-refractivity contribution is 7.88. The minimum absolute atomic E-state index is 0.00303. The molecule has 28 heavy (non-hydrogen) atoms. The number of hydrogen-bond donors (Lipinski definition) is 1. The van der Waals surface area contributed by atoms with Crippen LogP contribution in [-0.2, 0) is 15.8 Å². The number of sulfonamides is 1. The van der Waals surface area contributed by atoms with Gasteiger partial charge in [-0.1, -0.05) is 30.3 Å². The molecular formula is C19H20N4O4S. The molecule has 146 valence electrons. The summed E-state index contributed by atoms with van der Waals surface area (Å²) in [5.74, 6) is -0.0210. The Kier molecular flexibility index (Phi) is 5.92. The van der Waals surface area contributed by atoms with Crippen molar-refractivity contribution >= 4 is 21.4 Å². The van der Waals surface area contributed by atoms with E-state index >= 15 is 0 Å². The summed E-state index contributed by atoms with van der Waals surface area (Å²) in [5, 5.41) is 23.3. The van der Waals surface area contributed by atoms with Crippen LogP contribution in [-0.4, -0.2) is 36.8 Å². The summed E-state index contributed by atoms with van der Waals surface area (Å²) >= 11 is 0. The number of nitrogens with one attached hydrogen (secondary N) is 1. The van der Waals surface area contributed by atoms with Gasteiger partial charge in [0.25, 0.3) is 5.69 Å². The van der Waals surface area contributed by atoms with Gasteiger partial charge in [-0.2, -0.15) is 5.26 Å². The molecule has 1 fully saturated rings. The van der Waals surface area contributed by atoms with E-state index in [9.17, 15) is 23.8 Å². The van der Waals surface area contributed by atoms with Crippen molar-refractivity contribution in [3.8, 4) is 6.07 Å². The first-order valence-corrected chi connectivity index (χ1v) is 10.5. The molecule has 0 spiro atoms. The summed E-state index contributed by atoms with van der Waals surface area (Å²) in [5.41, 5.74) is 1.35. The second kappa shape index (κ2) is 8.37. The number of piperidine rings is 1. The Labute approximate surface area is 163 Å². The molecule has 8 nitrogen and oxygen atoms in total. The Bertz CT molecular complexity index is 994. The molecule has 1 N–H and O–H groups in total. The lowest BCUT2D eigenvalue weighted by atomic mass is 10.1. The molecule has 3 rings (SSSR count). The van der Waals surface area contributed by atoms with Crippen LogP contribution in [0.4, 0.5) is 11.4 Å². The molecule has 0 aliphatic carbocycles. The molecule has 0 amide bonds. The van der Waals surface area contributed by atoms with Crippen LogP contribution in [0.3, 0.4) is 0 Å². The van der Waals surface area contributed by atoms with Gasteiger partial charge in [-0.3, -0.25) is 10.1 Å². The van der Waals surface area contributed by atoms with Gasteiger partial charge in [0, 0.05) is 31.3 Å². The number of nitrogens with zero attached hydrogens (tertiary/aromatic N) is 3. The van der Waals surface area contributed by atoms with Crippen LogP contribution in [0, 0.1) is 21.4 Å². The van der Waals surface area contributed by atoms with Crippen LogP contribution < -0.4 is 5.32 Å². The first-order chi connectivity index (χ1) is 13.4. The molecule has 0 bridgehead atoms. The van der Waals surface area contributed by atoms with E-state index in [0.717, 1.165) is 5.56 Å². The molecule has 0 saturated carbocycles. The van der Waals surface area contributed by atoms with E-state index in [2.05, 4.69) is 5.32 Å². The predicted molar refractivity (Wildman–Crippen MR) is 105 cm³/mol. The number of hydrogen-bond acceptors (Lipinski definition) is 6. The summed E-state index contributed by atoms with van der Waals surface area (Å²) in [6.45, 7) is 0.781. The SMILES string of the molecule is N#Cc1cc([N+](=O)[O-])ccc1NC1CCN(S(=O)(=O)Cc2ccccc2)CC1. The van der Waals surface area contributed by atoms with Crippen LogP contribution in [0.2, 0.25) is 0 Å². The maximum atomic E-state index is 12.6. The van der Waals surface area contributed by atoms with Gasteiger partial charge in [-0.05, 0) is 24.5 Å². The summed E-state index contributed by atoms with van der Waals surface area (Å²) in [6, 6.07) is 15.1. The van der Waals surface area contributed by atoms with E-state index in [4.69, 9.17) is 0 Å². The zero-order valence-electron chi connectivity index (χ0n) is 15.1.